The van der Waals surface area contributed by atoms with Crippen LogP contribution in [0.25, 0.3) is 0 Å². The molecule has 0 aliphatic heterocycles. The molecule has 1 amide bonds. The lowest BCUT2D eigenvalue weighted by molar-refractivity contribution is -0.118. The third kappa shape index (κ3) is 3.55. The topological polar surface area (TPSA) is 80.3 Å². The van der Waals surface area contributed by atoms with Gasteiger partial charge in [-0.25, -0.2) is 9.78 Å². The van der Waals surface area contributed by atoms with Gasteiger partial charge in [0.15, 0.2) is 5.69 Å². The van der Waals surface area contributed by atoms with E-state index in [-0.39, 0.29) is 11.6 Å². The first-order valence-corrected chi connectivity index (χ1v) is 5.16. The first-order valence-electron chi connectivity index (χ1n) is 4.28. The van der Waals surface area contributed by atoms with E-state index in [0.717, 1.165) is 0 Å². The van der Waals surface area contributed by atoms with E-state index < -0.39 is 5.97 Å². The van der Waals surface area contributed by atoms with Crippen LogP contribution in [-0.2, 0) is 9.53 Å². The van der Waals surface area contributed by atoms with Crippen LogP contribution in [-0.4, -0.2) is 23.5 Å². The minimum Gasteiger partial charge on any atom is -0.461 e. The fourth-order valence-corrected chi connectivity index (χ4v) is 1.40. The normalized spacial score (nSPS) is 9.47. The number of esters is 1. The zero-order chi connectivity index (χ0) is 11.3. The second-order valence-corrected chi connectivity index (χ2v) is 3.42. The predicted octanol–water partition coefficient (Wildman–Crippen LogP) is 0.783. The van der Waals surface area contributed by atoms with Gasteiger partial charge in [0.1, 0.15) is 0 Å². The van der Waals surface area contributed by atoms with Crippen molar-refractivity contribution in [3.8, 4) is 0 Å². The summed E-state index contributed by atoms with van der Waals surface area (Å²) >= 11 is 1.21. The van der Waals surface area contributed by atoms with Crippen LogP contribution in [0.4, 0.5) is 5.13 Å². The number of carbonyl (C=O) groups is 2. The maximum atomic E-state index is 11.2. The Morgan fingerprint density at radius 1 is 1.60 bits per heavy atom. The predicted molar refractivity (Wildman–Crippen MR) is 55.5 cm³/mol. The summed E-state index contributed by atoms with van der Waals surface area (Å²) in [4.78, 5) is 25.7. The molecule has 1 aromatic rings. The highest BCUT2D eigenvalue weighted by Crippen LogP contribution is 2.14. The summed E-state index contributed by atoms with van der Waals surface area (Å²) in [6.45, 7) is 3.40. The number of nitrogens with one attached hydrogen (secondary N) is 2. The molecule has 0 spiro atoms. The van der Waals surface area contributed by atoms with Gasteiger partial charge in [0.05, 0.1) is 6.61 Å². The third-order valence-electron chi connectivity index (χ3n) is 1.33. The van der Waals surface area contributed by atoms with Crippen molar-refractivity contribution in [3.05, 3.63) is 11.1 Å². The van der Waals surface area contributed by atoms with Gasteiger partial charge < -0.3 is 4.74 Å². The van der Waals surface area contributed by atoms with Crippen LogP contribution in [0.3, 0.4) is 0 Å². The van der Waals surface area contributed by atoms with Crippen molar-refractivity contribution in [2.45, 2.75) is 13.8 Å². The first kappa shape index (κ1) is 11.4. The van der Waals surface area contributed by atoms with Gasteiger partial charge in [-0.2, -0.15) is 0 Å². The molecule has 15 heavy (non-hydrogen) atoms. The van der Waals surface area contributed by atoms with Crippen LogP contribution in [0, 0.1) is 0 Å². The molecular weight excluding hydrogens is 218 g/mol. The number of anilines is 1. The molecule has 2 N–H and O–H groups in total. The molecular formula is C8H11N3O3S. The van der Waals surface area contributed by atoms with Gasteiger partial charge in [-0.05, 0) is 6.92 Å². The van der Waals surface area contributed by atoms with Crippen molar-refractivity contribution in [2.75, 3.05) is 12.0 Å². The van der Waals surface area contributed by atoms with Crippen molar-refractivity contribution in [1.82, 2.24) is 10.4 Å². The number of aromatic nitrogens is 1. The molecule has 82 valence electrons. The number of nitrogens with zero attached hydrogens (tertiary/aromatic N) is 1. The molecule has 0 saturated carbocycles. The van der Waals surface area contributed by atoms with E-state index in [9.17, 15) is 9.59 Å². The summed E-state index contributed by atoms with van der Waals surface area (Å²) in [5.74, 6) is -0.701. The van der Waals surface area contributed by atoms with Gasteiger partial charge >= 0.3 is 5.97 Å². The number of ether oxygens (including phenoxy) is 1. The molecule has 0 aromatic carbocycles. The highest BCUT2D eigenvalue weighted by atomic mass is 32.1. The van der Waals surface area contributed by atoms with Gasteiger partial charge in [-0.15, -0.1) is 11.3 Å². The molecule has 0 bridgehead atoms. The SMILES string of the molecule is CCOC(=O)c1csc(NNC(C)=O)n1. The van der Waals surface area contributed by atoms with Gasteiger partial charge in [-0.1, -0.05) is 0 Å². The van der Waals surface area contributed by atoms with E-state index >= 15 is 0 Å². The van der Waals surface area contributed by atoms with E-state index in [1.54, 1.807) is 12.3 Å². The second kappa shape index (κ2) is 5.30. The number of carbonyl (C=O) groups excluding carboxylic acids is 2. The van der Waals surface area contributed by atoms with Crippen LogP contribution < -0.4 is 10.9 Å². The molecule has 0 fully saturated rings. The lowest BCUT2D eigenvalue weighted by Gasteiger charge is -2.00. The highest BCUT2D eigenvalue weighted by Gasteiger charge is 2.11. The van der Waals surface area contributed by atoms with Crippen molar-refractivity contribution in [2.24, 2.45) is 0 Å². The average molecular weight is 229 g/mol. The summed E-state index contributed by atoms with van der Waals surface area (Å²) in [6.07, 6.45) is 0. The maximum Gasteiger partial charge on any atom is 0.357 e. The van der Waals surface area contributed by atoms with E-state index in [1.165, 1.54) is 18.3 Å². The van der Waals surface area contributed by atoms with Crippen LogP contribution in [0.1, 0.15) is 24.3 Å². The Hall–Kier alpha value is -1.63. The Balaban J connectivity index is 2.56. The van der Waals surface area contributed by atoms with Crippen molar-refractivity contribution < 1.29 is 14.3 Å². The van der Waals surface area contributed by atoms with Crippen LogP contribution in [0.15, 0.2) is 5.38 Å². The molecule has 1 aromatic heterocycles. The number of hydrazine groups is 1. The molecule has 0 radical (unpaired) electrons. The second-order valence-electron chi connectivity index (χ2n) is 2.56. The van der Waals surface area contributed by atoms with Gasteiger partial charge in [0.2, 0.25) is 11.0 Å². The summed E-state index contributed by atoms with van der Waals surface area (Å²) in [7, 11) is 0. The van der Waals surface area contributed by atoms with E-state index in [2.05, 4.69) is 15.8 Å². The summed E-state index contributed by atoms with van der Waals surface area (Å²) in [5, 5.41) is 2.00. The largest absolute Gasteiger partial charge is 0.461 e. The third-order valence-corrected chi connectivity index (χ3v) is 2.09. The Bertz CT molecular complexity index is 364. The quantitative estimate of drug-likeness (QED) is 0.589. The number of thiazole rings is 1. The zero-order valence-electron chi connectivity index (χ0n) is 8.36. The van der Waals surface area contributed by atoms with Crippen LogP contribution in [0.5, 0.6) is 0 Å². The number of hydrogen-bond acceptors (Lipinski definition) is 6. The fraction of sp³-hybridized carbons (Fsp3) is 0.375. The summed E-state index contributed by atoms with van der Waals surface area (Å²) in [6, 6.07) is 0. The summed E-state index contributed by atoms with van der Waals surface area (Å²) < 4.78 is 4.76. The summed E-state index contributed by atoms with van der Waals surface area (Å²) in [5.41, 5.74) is 5.15. The standard InChI is InChI=1S/C8H11N3O3S/c1-3-14-7(13)6-4-15-8(9-6)11-10-5(2)12/h4H,3H2,1-2H3,(H,9,11)(H,10,12). The van der Waals surface area contributed by atoms with Crippen molar-refractivity contribution in [1.29, 1.82) is 0 Å². The van der Waals surface area contributed by atoms with Gasteiger partial charge in [-0.3, -0.25) is 15.6 Å². The minimum atomic E-state index is -0.468. The Morgan fingerprint density at radius 3 is 2.93 bits per heavy atom. The van der Waals surface area contributed by atoms with E-state index in [0.29, 0.717) is 11.7 Å². The molecule has 7 heteroatoms. The molecule has 1 rings (SSSR count). The van der Waals surface area contributed by atoms with Crippen molar-refractivity contribution >= 4 is 28.3 Å². The fourth-order valence-electron chi connectivity index (χ4n) is 0.771. The highest BCUT2D eigenvalue weighted by molar-refractivity contribution is 7.13. The maximum absolute atomic E-state index is 11.2. The molecule has 0 saturated heterocycles. The van der Waals surface area contributed by atoms with Gasteiger partial charge in [0, 0.05) is 12.3 Å². The lowest BCUT2D eigenvalue weighted by Crippen LogP contribution is -2.26. The monoisotopic (exact) mass is 229 g/mol. The molecule has 0 atom stereocenters. The molecule has 1 heterocycles. The Morgan fingerprint density at radius 2 is 2.33 bits per heavy atom. The Kier molecular flexibility index (Phi) is 4.04. The Labute approximate surface area is 90.6 Å². The average Bonchev–Trinajstić information content (AvgIpc) is 2.63. The van der Waals surface area contributed by atoms with Crippen LogP contribution >= 0.6 is 11.3 Å². The minimum absolute atomic E-state index is 0.231. The molecule has 0 aliphatic carbocycles. The lowest BCUT2D eigenvalue weighted by atomic mass is 10.5. The van der Waals surface area contributed by atoms with E-state index in [4.69, 9.17) is 4.74 Å². The van der Waals surface area contributed by atoms with Crippen LogP contribution in [0.2, 0.25) is 0 Å². The number of rotatable bonds is 4. The first-order chi connectivity index (χ1) is 7.13. The molecule has 6 nitrogen and oxygen atoms in total. The molecule has 0 unspecified atom stereocenters. The molecule has 0 aliphatic rings. The smallest absolute Gasteiger partial charge is 0.357 e. The zero-order valence-corrected chi connectivity index (χ0v) is 9.18. The van der Waals surface area contributed by atoms with Gasteiger partial charge in [0.25, 0.3) is 0 Å². The number of amides is 1. The van der Waals surface area contributed by atoms with Crippen molar-refractivity contribution in [3.63, 3.8) is 0 Å². The van der Waals surface area contributed by atoms with E-state index in [1.807, 2.05) is 0 Å². The number of hydrogen-bond donors (Lipinski definition) is 2.